The van der Waals surface area contributed by atoms with Crippen molar-refractivity contribution in [3.05, 3.63) is 76.0 Å². The summed E-state index contributed by atoms with van der Waals surface area (Å²) in [6.07, 6.45) is 5.11. The Kier molecular flexibility index (Phi) is 5.31. The summed E-state index contributed by atoms with van der Waals surface area (Å²) >= 11 is 1.46. The van der Waals surface area contributed by atoms with Crippen LogP contribution in [0.25, 0.3) is 11.0 Å². The lowest BCUT2D eigenvalue weighted by Gasteiger charge is -2.06. The van der Waals surface area contributed by atoms with Crippen LogP contribution in [0.3, 0.4) is 0 Å². The normalized spacial score (nSPS) is 10.8. The highest BCUT2D eigenvalue weighted by Gasteiger charge is 2.27. The summed E-state index contributed by atoms with van der Waals surface area (Å²) in [6.45, 7) is 4.83. The Balaban J connectivity index is 1.55. The van der Waals surface area contributed by atoms with Crippen molar-refractivity contribution in [2.45, 2.75) is 20.8 Å². The summed E-state index contributed by atoms with van der Waals surface area (Å²) in [7, 11) is 0. The second-order valence-corrected chi connectivity index (χ2v) is 7.72. The smallest absolute Gasteiger partial charge is 0.343 e. The van der Waals surface area contributed by atoms with Crippen molar-refractivity contribution in [2.75, 3.05) is 6.61 Å². The van der Waals surface area contributed by atoms with E-state index in [0.717, 1.165) is 16.5 Å². The van der Waals surface area contributed by atoms with E-state index in [1.807, 2.05) is 29.9 Å². The zero-order chi connectivity index (χ0) is 22.1. The van der Waals surface area contributed by atoms with E-state index in [0.29, 0.717) is 5.56 Å². The molecule has 0 fully saturated rings. The van der Waals surface area contributed by atoms with Crippen LogP contribution in [-0.2, 0) is 4.74 Å². The van der Waals surface area contributed by atoms with Crippen LogP contribution in [0.1, 0.15) is 43.4 Å². The average molecular weight is 434 g/mol. The number of furan rings is 1. The standard InChI is InChI=1S/C22H18N4O4S/c1-13-10-16(14(2)26(13)22-24-6-9-31-22)18(27)12-29-21(28)19-15(3)30-20(17(19)11-23)25-7-4-5-8-25/h4-10H,12H2,1-3H3. The minimum absolute atomic E-state index is 0.0206. The molecule has 0 aliphatic rings. The molecule has 0 bridgehead atoms. The zero-order valence-electron chi connectivity index (χ0n) is 17.1. The fraction of sp³-hybridized carbons (Fsp3) is 0.182. The van der Waals surface area contributed by atoms with Gasteiger partial charge in [0.25, 0.3) is 0 Å². The summed E-state index contributed by atoms with van der Waals surface area (Å²) in [4.78, 5) is 29.8. The Morgan fingerprint density at radius 3 is 2.65 bits per heavy atom. The topological polar surface area (TPSA) is 103 Å². The summed E-state index contributed by atoms with van der Waals surface area (Å²) in [5.74, 6) is -0.636. The van der Waals surface area contributed by atoms with E-state index in [2.05, 4.69) is 4.98 Å². The maximum Gasteiger partial charge on any atom is 0.343 e. The second-order valence-electron chi connectivity index (χ2n) is 6.85. The molecule has 0 atom stereocenters. The van der Waals surface area contributed by atoms with Gasteiger partial charge < -0.3 is 9.15 Å². The summed E-state index contributed by atoms with van der Waals surface area (Å²) < 4.78 is 14.4. The number of carbonyl (C=O) groups excluding carboxylic acids is 2. The van der Waals surface area contributed by atoms with E-state index in [1.54, 1.807) is 48.3 Å². The van der Waals surface area contributed by atoms with Gasteiger partial charge in [-0.05, 0) is 39.0 Å². The van der Waals surface area contributed by atoms with Crippen molar-refractivity contribution in [1.29, 1.82) is 5.26 Å². The summed E-state index contributed by atoms with van der Waals surface area (Å²) in [5, 5.41) is 12.2. The predicted molar refractivity (Wildman–Crippen MR) is 113 cm³/mol. The number of hydrogen-bond acceptors (Lipinski definition) is 7. The van der Waals surface area contributed by atoms with Crippen LogP contribution in [0.5, 0.6) is 0 Å². The number of aryl methyl sites for hydroxylation is 2. The first-order chi connectivity index (χ1) is 14.9. The number of Topliss-reactive ketones (excluding diaryl/α,β-unsaturated/α-hetero) is 1. The first-order valence-corrected chi connectivity index (χ1v) is 10.3. The lowest BCUT2D eigenvalue weighted by atomic mass is 10.1. The number of carbonyl (C=O) groups is 2. The summed E-state index contributed by atoms with van der Waals surface area (Å²) in [5.41, 5.74) is 2.12. The molecule has 4 aromatic heterocycles. The number of ketones is 1. The maximum atomic E-state index is 12.8. The van der Waals surface area contributed by atoms with E-state index < -0.39 is 12.6 Å². The molecule has 4 aromatic rings. The molecule has 4 rings (SSSR count). The Labute approximate surface area is 181 Å². The molecule has 0 saturated carbocycles. The number of esters is 1. The first-order valence-electron chi connectivity index (χ1n) is 9.38. The van der Waals surface area contributed by atoms with Crippen molar-refractivity contribution < 1.29 is 18.7 Å². The molecule has 0 unspecified atom stereocenters. The van der Waals surface area contributed by atoms with E-state index in [-0.39, 0.29) is 28.6 Å². The molecule has 31 heavy (non-hydrogen) atoms. The quantitative estimate of drug-likeness (QED) is 0.334. The predicted octanol–water partition coefficient (Wildman–Crippen LogP) is 4.15. The highest BCUT2D eigenvalue weighted by molar-refractivity contribution is 7.12. The van der Waals surface area contributed by atoms with Crippen LogP contribution in [-0.4, -0.2) is 32.5 Å². The molecule has 0 radical (unpaired) electrons. The van der Waals surface area contributed by atoms with Gasteiger partial charge >= 0.3 is 5.97 Å². The van der Waals surface area contributed by atoms with Gasteiger partial charge in [0, 0.05) is 40.9 Å². The molecule has 0 aromatic carbocycles. The molecule has 4 heterocycles. The van der Waals surface area contributed by atoms with E-state index in [9.17, 15) is 14.9 Å². The van der Waals surface area contributed by atoms with Gasteiger partial charge in [0.1, 0.15) is 23.0 Å². The van der Waals surface area contributed by atoms with Crippen molar-refractivity contribution in [3.8, 4) is 17.1 Å². The molecule has 9 heteroatoms. The highest BCUT2D eigenvalue weighted by Crippen LogP contribution is 2.27. The Hall–Kier alpha value is -3.90. The van der Waals surface area contributed by atoms with Crippen molar-refractivity contribution in [2.24, 2.45) is 0 Å². The van der Waals surface area contributed by atoms with Crippen molar-refractivity contribution >= 4 is 23.1 Å². The van der Waals surface area contributed by atoms with Gasteiger partial charge in [0.05, 0.1) is 0 Å². The number of nitriles is 1. The number of nitrogens with zero attached hydrogens (tertiary/aromatic N) is 4. The number of rotatable bonds is 6. The molecule has 0 N–H and O–H groups in total. The number of ether oxygens (including phenoxy) is 1. The SMILES string of the molecule is Cc1oc(-n2cccc2)c(C#N)c1C(=O)OCC(=O)c1cc(C)n(-c2nccs2)c1C. The van der Waals surface area contributed by atoms with Crippen LogP contribution in [0, 0.1) is 32.1 Å². The van der Waals surface area contributed by atoms with Crippen LogP contribution >= 0.6 is 11.3 Å². The third kappa shape index (κ3) is 3.58. The summed E-state index contributed by atoms with van der Waals surface area (Å²) in [6, 6.07) is 7.30. The van der Waals surface area contributed by atoms with Crippen LogP contribution in [0.15, 0.2) is 46.6 Å². The molecule has 0 saturated heterocycles. The minimum atomic E-state index is -0.779. The van der Waals surface area contributed by atoms with E-state index >= 15 is 0 Å². The highest BCUT2D eigenvalue weighted by atomic mass is 32.1. The molecule has 0 aliphatic heterocycles. The monoisotopic (exact) mass is 434 g/mol. The Morgan fingerprint density at radius 2 is 2.00 bits per heavy atom. The number of aromatic nitrogens is 3. The van der Waals surface area contributed by atoms with Gasteiger partial charge in [-0.15, -0.1) is 11.3 Å². The maximum absolute atomic E-state index is 12.8. The number of hydrogen-bond donors (Lipinski definition) is 0. The molecule has 0 aliphatic carbocycles. The third-order valence-electron chi connectivity index (χ3n) is 4.90. The van der Waals surface area contributed by atoms with Gasteiger partial charge in [0.2, 0.25) is 11.7 Å². The molecule has 0 amide bonds. The Bertz CT molecular complexity index is 1300. The molecule has 156 valence electrons. The van der Waals surface area contributed by atoms with Gasteiger partial charge in [0.15, 0.2) is 11.7 Å². The molecule has 8 nitrogen and oxygen atoms in total. The lowest BCUT2D eigenvalue weighted by molar-refractivity contribution is 0.0472. The van der Waals surface area contributed by atoms with Gasteiger partial charge in [-0.25, -0.2) is 9.78 Å². The van der Waals surface area contributed by atoms with Crippen molar-refractivity contribution in [1.82, 2.24) is 14.1 Å². The second kappa shape index (κ2) is 8.08. The Morgan fingerprint density at radius 1 is 1.26 bits per heavy atom. The van der Waals surface area contributed by atoms with Crippen molar-refractivity contribution in [3.63, 3.8) is 0 Å². The zero-order valence-corrected chi connectivity index (χ0v) is 17.9. The largest absolute Gasteiger partial charge is 0.454 e. The fourth-order valence-corrected chi connectivity index (χ4v) is 4.23. The number of thiazole rings is 1. The first kappa shape index (κ1) is 20.4. The van der Waals surface area contributed by atoms with Gasteiger partial charge in [-0.3, -0.25) is 13.9 Å². The minimum Gasteiger partial charge on any atom is -0.454 e. The van der Waals surface area contributed by atoms with Crippen LogP contribution in [0.2, 0.25) is 0 Å². The van der Waals surface area contributed by atoms with Crippen LogP contribution < -0.4 is 0 Å². The fourth-order valence-electron chi connectivity index (χ4n) is 3.48. The average Bonchev–Trinajstić information content (AvgIpc) is 3.52. The molecular formula is C22H18N4O4S. The molecule has 0 spiro atoms. The lowest BCUT2D eigenvalue weighted by Crippen LogP contribution is -2.16. The molecular weight excluding hydrogens is 416 g/mol. The van der Waals surface area contributed by atoms with E-state index in [4.69, 9.17) is 9.15 Å². The van der Waals surface area contributed by atoms with Crippen LogP contribution in [0.4, 0.5) is 0 Å². The van der Waals surface area contributed by atoms with Gasteiger partial charge in [-0.1, -0.05) is 0 Å². The van der Waals surface area contributed by atoms with E-state index in [1.165, 1.54) is 11.3 Å². The van der Waals surface area contributed by atoms with Gasteiger partial charge in [-0.2, -0.15) is 5.26 Å². The third-order valence-corrected chi connectivity index (χ3v) is 5.65.